The molecule has 0 unspecified atom stereocenters. The molecule has 3 aromatic heterocycles. The Morgan fingerprint density at radius 3 is 2.49 bits per heavy atom. The van der Waals surface area contributed by atoms with Crippen LogP contribution in [0.2, 0.25) is 0 Å². The number of rotatable bonds is 3. The van der Waals surface area contributed by atoms with Gasteiger partial charge in [-0.15, -0.1) is 11.3 Å². The normalized spacial score (nSPS) is 12.7. The van der Waals surface area contributed by atoms with E-state index >= 15 is 0 Å². The summed E-state index contributed by atoms with van der Waals surface area (Å²) in [5.41, 5.74) is 6.39. The van der Waals surface area contributed by atoms with E-state index in [9.17, 15) is 0 Å². The summed E-state index contributed by atoms with van der Waals surface area (Å²) >= 11 is 1.83. The maximum Gasteiger partial charge on any atom is 0.231 e. The second-order valence-electron chi connectivity index (χ2n) is 11.1. The highest BCUT2D eigenvalue weighted by molar-refractivity contribution is 7.20. The van der Waals surface area contributed by atoms with Gasteiger partial charge < -0.3 is 4.42 Å². The molecule has 176 valence electrons. The van der Waals surface area contributed by atoms with Gasteiger partial charge in [-0.05, 0) is 70.2 Å². The molecule has 0 radical (unpaired) electrons. The van der Waals surface area contributed by atoms with Crippen LogP contribution in [0, 0.1) is 12.8 Å². The molecular weight excluding hydrogens is 448 g/mol. The van der Waals surface area contributed by atoms with Gasteiger partial charge in [-0.2, -0.15) is 0 Å². The lowest BCUT2D eigenvalue weighted by atomic mass is 9.82. The quantitative estimate of drug-likeness (QED) is 0.254. The van der Waals surface area contributed by atoms with Gasteiger partial charge in [-0.1, -0.05) is 65.0 Å². The van der Waals surface area contributed by atoms with Crippen molar-refractivity contribution in [3.05, 3.63) is 70.9 Å². The summed E-state index contributed by atoms with van der Waals surface area (Å²) in [5, 5.41) is 5.91. The highest BCUT2D eigenvalue weighted by Crippen LogP contribution is 2.43. The van der Waals surface area contributed by atoms with E-state index in [0.717, 1.165) is 34.0 Å². The second-order valence-corrected chi connectivity index (χ2v) is 12.3. The highest BCUT2D eigenvalue weighted by Gasteiger charge is 2.23. The molecule has 3 nitrogen and oxygen atoms in total. The Kier molecular flexibility index (Phi) is 5.01. The Morgan fingerprint density at radius 2 is 1.71 bits per heavy atom. The van der Waals surface area contributed by atoms with Crippen LogP contribution in [-0.4, -0.2) is 9.97 Å². The molecule has 0 saturated carbocycles. The first-order chi connectivity index (χ1) is 16.7. The maximum atomic E-state index is 6.45. The van der Waals surface area contributed by atoms with Crippen LogP contribution in [0.5, 0.6) is 0 Å². The third-order valence-electron chi connectivity index (χ3n) is 6.95. The molecule has 6 aromatic rings. The first-order valence-corrected chi connectivity index (χ1v) is 13.2. The third-order valence-corrected chi connectivity index (χ3v) is 8.12. The molecule has 0 fully saturated rings. The van der Waals surface area contributed by atoms with E-state index < -0.39 is 0 Å². The predicted octanol–water partition coefficient (Wildman–Crippen LogP) is 9.22. The van der Waals surface area contributed by atoms with Crippen molar-refractivity contribution >= 4 is 54.3 Å². The van der Waals surface area contributed by atoms with E-state index in [1.165, 1.54) is 36.9 Å². The predicted molar refractivity (Wildman–Crippen MR) is 150 cm³/mol. The van der Waals surface area contributed by atoms with Crippen LogP contribution < -0.4 is 0 Å². The molecule has 35 heavy (non-hydrogen) atoms. The van der Waals surface area contributed by atoms with E-state index in [1.54, 1.807) is 6.33 Å². The summed E-state index contributed by atoms with van der Waals surface area (Å²) in [6, 6.07) is 17.7. The fourth-order valence-electron chi connectivity index (χ4n) is 5.34. The zero-order valence-corrected chi connectivity index (χ0v) is 22.0. The minimum absolute atomic E-state index is 0.00764. The largest absolute Gasteiger partial charge is 0.436 e. The number of aromatic nitrogens is 2. The van der Waals surface area contributed by atoms with Gasteiger partial charge in [0, 0.05) is 15.8 Å². The standard InChI is InChI=1S/C31H30N2OS/c1-17(2)13-24-18(3)35-29-22(24)11-12-23-26-27(32-16-33-30(26)34-28(23)29)20-14-19-9-7-8-10-21(19)25(15-20)31(4,5)6/h7-12,14-17H,13H2,1-6H3. The zero-order valence-electron chi connectivity index (χ0n) is 21.2. The Balaban J connectivity index is 1.66. The van der Waals surface area contributed by atoms with Gasteiger partial charge in [0.05, 0.1) is 15.8 Å². The van der Waals surface area contributed by atoms with Gasteiger partial charge in [-0.3, -0.25) is 0 Å². The van der Waals surface area contributed by atoms with Gasteiger partial charge in [0.1, 0.15) is 6.33 Å². The molecular formula is C31H30N2OS. The number of hydrogen-bond acceptors (Lipinski definition) is 4. The average molecular weight is 479 g/mol. The van der Waals surface area contributed by atoms with Crippen LogP contribution in [0.3, 0.4) is 0 Å². The third kappa shape index (κ3) is 3.54. The Hall–Kier alpha value is -3.24. The molecule has 0 amide bonds. The fraction of sp³-hybridized carbons (Fsp3) is 0.290. The summed E-state index contributed by atoms with van der Waals surface area (Å²) in [7, 11) is 0. The average Bonchev–Trinajstić information content (AvgIpc) is 3.35. The van der Waals surface area contributed by atoms with Crippen molar-refractivity contribution < 1.29 is 4.42 Å². The van der Waals surface area contributed by atoms with Gasteiger partial charge in [0.2, 0.25) is 5.71 Å². The monoisotopic (exact) mass is 478 g/mol. The van der Waals surface area contributed by atoms with Gasteiger partial charge in [0.15, 0.2) is 5.58 Å². The first-order valence-electron chi connectivity index (χ1n) is 12.3. The van der Waals surface area contributed by atoms with Gasteiger partial charge in [0.25, 0.3) is 0 Å². The lowest BCUT2D eigenvalue weighted by Gasteiger charge is -2.22. The molecule has 0 aliphatic heterocycles. The lowest BCUT2D eigenvalue weighted by molar-refractivity contribution is 0.596. The lowest BCUT2D eigenvalue weighted by Crippen LogP contribution is -2.12. The molecule has 0 N–H and O–H groups in total. The number of benzene rings is 3. The van der Waals surface area contributed by atoms with E-state index in [-0.39, 0.29) is 5.41 Å². The van der Waals surface area contributed by atoms with Crippen molar-refractivity contribution in [2.45, 2.75) is 53.4 Å². The van der Waals surface area contributed by atoms with Crippen LogP contribution in [-0.2, 0) is 11.8 Å². The van der Waals surface area contributed by atoms with Crippen molar-refractivity contribution in [1.29, 1.82) is 0 Å². The smallest absolute Gasteiger partial charge is 0.231 e. The number of aryl methyl sites for hydroxylation is 1. The molecule has 3 aromatic carbocycles. The fourth-order valence-corrected chi connectivity index (χ4v) is 6.51. The van der Waals surface area contributed by atoms with Crippen LogP contribution in [0.1, 0.15) is 50.6 Å². The second kappa shape index (κ2) is 7.89. The number of hydrogen-bond donors (Lipinski definition) is 0. The molecule has 4 heteroatoms. The zero-order chi connectivity index (χ0) is 24.5. The van der Waals surface area contributed by atoms with Crippen molar-refractivity contribution in [3.8, 4) is 11.3 Å². The number of nitrogens with zero attached hydrogens (tertiary/aromatic N) is 2. The number of furan rings is 1. The van der Waals surface area contributed by atoms with Crippen LogP contribution in [0.15, 0.2) is 59.3 Å². The molecule has 0 aliphatic rings. The van der Waals surface area contributed by atoms with Crippen molar-refractivity contribution in [2.75, 3.05) is 0 Å². The van der Waals surface area contributed by atoms with Gasteiger partial charge in [-0.25, -0.2) is 9.97 Å². The minimum Gasteiger partial charge on any atom is -0.436 e. The summed E-state index contributed by atoms with van der Waals surface area (Å²) in [6.45, 7) is 13.6. The first kappa shape index (κ1) is 22.2. The molecule has 0 spiro atoms. The van der Waals surface area contributed by atoms with E-state index in [4.69, 9.17) is 9.40 Å². The van der Waals surface area contributed by atoms with Gasteiger partial charge >= 0.3 is 0 Å². The Bertz CT molecular complexity index is 1750. The highest BCUT2D eigenvalue weighted by atomic mass is 32.1. The van der Waals surface area contributed by atoms with E-state index in [1.807, 2.05) is 11.3 Å². The van der Waals surface area contributed by atoms with Crippen LogP contribution >= 0.6 is 11.3 Å². The Labute approximate surface area is 209 Å². The Morgan fingerprint density at radius 1 is 0.943 bits per heavy atom. The molecule has 0 aliphatic carbocycles. The van der Waals surface area contributed by atoms with E-state index in [2.05, 4.69) is 95.1 Å². The number of thiophene rings is 1. The van der Waals surface area contributed by atoms with Crippen LogP contribution in [0.4, 0.5) is 0 Å². The van der Waals surface area contributed by atoms with Crippen molar-refractivity contribution in [3.63, 3.8) is 0 Å². The topological polar surface area (TPSA) is 38.9 Å². The van der Waals surface area contributed by atoms with Crippen molar-refractivity contribution in [2.24, 2.45) is 5.92 Å². The summed E-state index contributed by atoms with van der Waals surface area (Å²) in [5.74, 6) is 0.611. The number of fused-ring (bicyclic) bond motifs is 6. The van der Waals surface area contributed by atoms with Crippen molar-refractivity contribution in [1.82, 2.24) is 9.97 Å². The molecule has 6 rings (SSSR count). The minimum atomic E-state index is 0.00764. The van der Waals surface area contributed by atoms with E-state index in [0.29, 0.717) is 11.6 Å². The maximum absolute atomic E-state index is 6.45. The summed E-state index contributed by atoms with van der Waals surface area (Å²) in [4.78, 5) is 10.7. The molecule has 3 heterocycles. The summed E-state index contributed by atoms with van der Waals surface area (Å²) in [6.07, 6.45) is 2.71. The molecule has 0 saturated heterocycles. The molecule has 0 bridgehead atoms. The van der Waals surface area contributed by atoms with Crippen LogP contribution in [0.25, 0.3) is 54.2 Å². The SMILES string of the molecule is Cc1sc2c(ccc3c2oc2ncnc(-c4cc(C(C)(C)C)c5ccccc5c4)c23)c1CC(C)C. The molecule has 0 atom stereocenters. The summed E-state index contributed by atoms with van der Waals surface area (Å²) < 4.78 is 7.66.